The zero-order chi connectivity index (χ0) is 27.8. The molecule has 5 heteroatoms. The zero-order valence-electron chi connectivity index (χ0n) is 24.9. The van der Waals surface area contributed by atoms with E-state index in [1.165, 1.54) is 38.7 Å². The Balaban J connectivity index is 0.00000114. The Hall–Kier alpha value is -2.43. The van der Waals surface area contributed by atoms with Gasteiger partial charge in [0.2, 0.25) is 5.91 Å². The number of allylic oxidation sites excluding steroid dienone is 1. The summed E-state index contributed by atoms with van der Waals surface area (Å²) >= 11 is 0. The van der Waals surface area contributed by atoms with E-state index >= 15 is 0 Å². The summed E-state index contributed by atoms with van der Waals surface area (Å²) in [6, 6.07) is 7.94. The molecule has 2 unspecified atom stereocenters. The van der Waals surface area contributed by atoms with Crippen molar-refractivity contribution in [1.29, 1.82) is 0 Å². The molecule has 0 bridgehead atoms. The predicted molar refractivity (Wildman–Crippen MR) is 154 cm³/mol. The molecule has 1 aliphatic rings. The first-order valence-corrected chi connectivity index (χ1v) is 13.6. The zero-order valence-corrected chi connectivity index (χ0v) is 24.9. The summed E-state index contributed by atoms with van der Waals surface area (Å²) in [5.41, 5.74) is 2.58. The predicted octanol–water partition coefficient (Wildman–Crippen LogP) is 7.88. The Morgan fingerprint density at radius 2 is 1.53 bits per heavy atom. The van der Waals surface area contributed by atoms with Crippen molar-refractivity contribution in [2.45, 2.75) is 101 Å². The van der Waals surface area contributed by atoms with Crippen molar-refractivity contribution in [3.63, 3.8) is 0 Å². The van der Waals surface area contributed by atoms with Gasteiger partial charge in [-0.25, -0.2) is 4.99 Å². The minimum Gasteiger partial charge on any atom is -0.497 e. The number of hydrogen-bond donors (Lipinski definition) is 0. The van der Waals surface area contributed by atoms with Crippen LogP contribution in [0.2, 0.25) is 0 Å². The molecule has 0 spiro atoms. The summed E-state index contributed by atoms with van der Waals surface area (Å²) in [6.07, 6.45) is 6.00. The summed E-state index contributed by atoms with van der Waals surface area (Å²) in [5, 5.41) is 0. The quantitative estimate of drug-likeness (QED) is 0.256. The maximum atomic E-state index is 12.2. The highest BCUT2D eigenvalue weighted by molar-refractivity contribution is 5.95. The number of rotatable bonds is 9. The van der Waals surface area contributed by atoms with Crippen LogP contribution in [0.1, 0.15) is 100 Å². The van der Waals surface area contributed by atoms with Crippen molar-refractivity contribution in [1.82, 2.24) is 4.90 Å². The van der Waals surface area contributed by atoms with Crippen molar-refractivity contribution in [3.8, 4) is 5.75 Å². The van der Waals surface area contributed by atoms with E-state index in [2.05, 4.69) is 18.8 Å². The highest BCUT2D eigenvalue weighted by Crippen LogP contribution is 2.29. The molecule has 1 aliphatic carbocycles. The number of nitrogens with zero attached hydrogens (tertiary/aromatic N) is 2. The van der Waals surface area contributed by atoms with Gasteiger partial charge in [0.15, 0.2) is 5.78 Å². The number of aryl methyl sites for hydroxylation is 1. The molecule has 1 aromatic carbocycles. The highest BCUT2D eigenvalue weighted by atomic mass is 16.5. The Kier molecular flexibility index (Phi) is 16.7. The van der Waals surface area contributed by atoms with Crippen LogP contribution < -0.4 is 4.74 Å². The van der Waals surface area contributed by atoms with Gasteiger partial charge in [-0.2, -0.15) is 0 Å². The fourth-order valence-corrected chi connectivity index (χ4v) is 3.92. The topological polar surface area (TPSA) is 59.0 Å². The molecule has 2 atom stereocenters. The third kappa shape index (κ3) is 12.5. The Bertz CT molecular complexity index is 845. The van der Waals surface area contributed by atoms with Gasteiger partial charge in [0.05, 0.1) is 7.11 Å². The first kappa shape index (κ1) is 33.6. The SMILES string of the molecule is CC.CC1CCCC1C.COc1ccc(CC/C(C)=N\C(=C(/C)C(C)=O)N(CC(C)C)C(C)=O)cc1. The standard InChI is InChI=1S/C22H32N2O3.C7H14.C2H6/c1-15(2)14-24(19(6)26)22(17(4)18(5)25)23-16(3)8-9-20-10-12-21(27-7)13-11-20;1-6-4-3-5-7(6)2;1-2/h10-13,15H,8-9,14H2,1-7H3;6-7H,3-5H2,1-2H3;1-2H3/b22-17-,23-16-;;. The second-order valence-electron chi connectivity index (χ2n) is 10.1. The molecule has 0 aliphatic heterocycles. The number of carbonyl (C=O) groups excluding carboxylic acids is 2. The lowest BCUT2D eigenvalue weighted by Crippen LogP contribution is -2.32. The average molecular weight is 501 g/mol. The summed E-state index contributed by atoms with van der Waals surface area (Å²) in [7, 11) is 1.65. The van der Waals surface area contributed by atoms with Gasteiger partial charge in [-0.1, -0.05) is 72.9 Å². The van der Waals surface area contributed by atoms with Crippen molar-refractivity contribution in [3.05, 3.63) is 41.2 Å². The van der Waals surface area contributed by atoms with Crippen LogP contribution in [0.5, 0.6) is 5.75 Å². The molecule has 204 valence electrons. The van der Waals surface area contributed by atoms with Crippen molar-refractivity contribution >= 4 is 17.4 Å². The van der Waals surface area contributed by atoms with Crippen LogP contribution in [0.15, 0.2) is 40.7 Å². The van der Waals surface area contributed by atoms with Crippen LogP contribution in [0.4, 0.5) is 0 Å². The van der Waals surface area contributed by atoms with Gasteiger partial charge in [0.1, 0.15) is 11.6 Å². The number of hydrogen-bond acceptors (Lipinski definition) is 4. The van der Waals surface area contributed by atoms with E-state index < -0.39 is 0 Å². The number of benzene rings is 1. The maximum Gasteiger partial charge on any atom is 0.225 e. The van der Waals surface area contributed by atoms with Crippen LogP contribution >= 0.6 is 0 Å². The number of ether oxygens (including phenoxy) is 1. The van der Waals surface area contributed by atoms with Gasteiger partial charge in [0, 0.05) is 24.8 Å². The Labute approximate surface area is 221 Å². The molecular formula is C31H52N2O3. The molecule has 2 rings (SSSR count). The molecule has 1 aromatic rings. The normalized spacial score (nSPS) is 17.8. The minimum absolute atomic E-state index is 0.0771. The van der Waals surface area contributed by atoms with Gasteiger partial charge >= 0.3 is 0 Å². The van der Waals surface area contributed by atoms with Crippen molar-refractivity contribution in [2.75, 3.05) is 13.7 Å². The number of methoxy groups -OCH3 is 1. The number of Topliss-reactive ketones (excluding diaryl/α,β-unsaturated/α-hetero) is 1. The van der Waals surface area contributed by atoms with E-state index in [1.807, 2.05) is 58.9 Å². The van der Waals surface area contributed by atoms with Crippen LogP contribution in [0.25, 0.3) is 0 Å². The molecule has 5 nitrogen and oxygen atoms in total. The van der Waals surface area contributed by atoms with Crippen LogP contribution in [0, 0.1) is 17.8 Å². The molecule has 1 fully saturated rings. The van der Waals surface area contributed by atoms with Gasteiger partial charge in [-0.05, 0) is 69.1 Å². The van der Waals surface area contributed by atoms with Crippen molar-refractivity contribution < 1.29 is 14.3 Å². The lowest BCUT2D eigenvalue weighted by molar-refractivity contribution is -0.127. The molecular weight excluding hydrogens is 448 g/mol. The first-order chi connectivity index (χ1) is 17.0. The van der Waals surface area contributed by atoms with E-state index in [4.69, 9.17) is 4.74 Å². The molecule has 0 saturated heterocycles. The van der Waals surface area contributed by atoms with Crippen LogP contribution in [-0.4, -0.2) is 36.0 Å². The molecule has 0 heterocycles. The van der Waals surface area contributed by atoms with E-state index in [1.54, 1.807) is 18.9 Å². The van der Waals surface area contributed by atoms with Gasteiger partial charge in [-0.15, -0.1) is 0 Å². The summed E-state index contributed by atoms with van der Waals surface area (Å²) in [4.78, 5) is 30.4. The first-order valence-electron chi connectivity index (χ1n) is 13.6. The number of amides is 1. The van der Waals surface area contributed by atoms with Gasteiger partial charge < -0.3 is 4.74 Å². The minimum atomic E-state index is -0.106. The monoisotopic (exact) mass is 500 g/mol. The molecule has 0 radical (unpaired) electrons. The van der Waals surface area contributed by atoms with Gasteiger partial charge in [0.25, 0.3) is 0 Å². The fourth-order valence-electron chi connectivity index (χ4n) is 3.92. The average Bonchev–Trinajstić information content (AvgIpc) is 3.23. The summed E-state index contributed by atoms with van der Waals surface area (Å²) in [6.45, 7) is 20.0. The molecule has 36 heavy (non-hydrogen) atoms. The Morgan fingerprint density at radius 1 is 1.00 bits per heavy atom. The smallest absolute Gasteiger partial charge is 0.225 e. The highest BCUT2D eigenvalue weighted by Gasteiger charge is 2.20. The third-order valence-electron chi connectivity index (χ3n) is 6.57. The van der Waals surface area contributed by atoms with Crippen molar-refractivity contribution in [2.24, 2.45) is 22.7 Å². The number of aliphatic imine (C=N–C) groups is 1. The lowest BCUT2D eigenvalue weighted by Gasteiger charge is -2.25. The third-order valence-corrected chi connectivity index (χ3v) is 6.57. The Morgan fingerprint density at radius 3 is 1.89 bits per heavy atom. The van der Waals surface area contributed by atoms with E-state index in [0.717, 1.165) is 36.1 Å². The summed E-state index contributed by atoms with van der Waals surface area (Å²) in [5.74, 6) is 3.42. The van der Waals surface area contributed by atoms with Crippen LogP contribution in [0.3, 0.4) is 0 Å². The number of carbonyl (C=O) groups is 2. The maximum absolute atomic E-state index is 12.2. The molecule has 1 saturated carbocycles. The number of ketones is 1. The van der Waals surface area contributed by atoms with Crippen LogP contribution in [-0.2, 0) is 16.0 Å². The summed E-state index contributed by atoms with van der Waals surface area (Å²) < 4.78 is 5.18. The largest absolute Gasteiger partial charge is 0.497 e. The van der Waals surface area contributed by atoms with E-state index in [9.17, 15) is 9.59 Å². The van der Waals surface area contributed by atoms with E-state index in [0.29, 0.717) is 17.9 Å². The van der Waals surface area contributed by atoms with Gasteiger partial charge in [-0.3, -0.25) is 14.5 Å². The molecule has 0 N–H and O–H groups in total. The molecule has 1 amide bonds. The molecule has 0 aromatic heterocycles. The second kappa shape index (κ2) is 17.9. The lowest BCUT2D eigenvalue weighted by atomic mass is 10.0. The fraction of sp³-hybridized carbons (Fsp3) is 0.645. The van der Waals surface area contributed by atoms with E-state index in [-0.39, 0.29) is 17.6 Å². The second-order valence-corrected chi connectivity index (χ2v) is 10.1.